The summed E-state index contributed by atoms with van der Waals surface area (Å²) < 4.78 is 0. The van der Waals surface area contributed by atoms with Crippen molar-refractivity contribution in [2.45, 2.75) is 13.5 Å². The zero-order valence-electron chi connectivity index (χ0n) is 7.77. The van der Waals surface area contributed by atoms with E-state index in [4.69, 9.17) is 5.11 Å². The molecule has 1 heterocycles. The van der Waals surface area contributed by atoms with Gasteiger partial charge in [-0.25, -0.2) is 4.79 Å². The molecule has 0 saturated carbocycles. The lowest BCUT2D eigenvalue weighted by atomic mass is 10.4. The van der Waals surface area contributed by atoms with Crippen molar-refractivity contribution >= 4 is 23.2 Å². The van der Waals surface area contributed by atoms with Crippen LogP contribution in [0.5, 0.6) is 0 Å². The van der Waals surface area contributed by atoms with Gasteiger partial charge in [0.05, 0.1) is 6.54 Å². The zero-order chi connectivity index (χ0) is 10.6. The van der Waals surface area contributed by atoms with E-state index >= 15 is 0 Å². The van der Waals surface area contributed by atoms with Crippen LogP contribution in [-0.4, -0.2) is 28.4 Å². The number of amides is 1. The molecule has 1 aromatic heterocycles. The van der Waals surface area contributed by atoms with Gasteiger partial charge in [0.2, 0.25) is 0 Å². The predicted molar refractivity (Wildman–Crippen MR) is 53.0 cm³/mol. The molecule has 1 N–H and O–H groups in total. The molecule has 1 aromatic rings. The van der Waals surface area contributed by atoms with Crippen LogP contribution >= 0.6 is 11.3 Å². The Morgan fingerprint density at radius 2 is 2.29 bits per heavy atom. The second kappa shape index (κ2) is 4.76. The van der Waals surface area contributed by atoms with Crippen molar-refractivity contribution in [3.05, 3.63) is 22.4 Å². The number of nitrogens with zero attached hydrogens (tertiary/aromatic N) is 1. The number of hydrogen-bond donors (Lipinski definition) is 1. The van der Waals surface area contributed by atoms with Crippen LogP contribution < -0.4 is 0 Å². The van der Waals surface area contributed by atoms with Gasteiger partial charge in [0.25, 0.3) is 0 Å². The fraction of sp³-hybridized carbons (Fsp3) is 0.333. The van der Waals surface area contributed by atoms with E-state index in [9.17, 15) is 9.59 Å². The largest absolute Gasteiger partial charge is 0.474 e. The molecular weight excluding hydrogens is 202 g/mol. The van der Waals surface area contributed by atoms with Crippen LogP contribution in [0.3, 0.4) is 0 Å². The second-order valence-corrected chi connectivity index (χ2v) is 3.74. The van der Waals surface area contributed by atoms with Crippen LogP contribution in [0.15, 0.2) is 17.5 Å². The number of aliphatic carboxylic acids is 1. The fourth-order valence-electron chi connectivity index (χ4n) is 1.05. The van der Waals surface area contributed by atoms with Crippen LogP contribution in [0.1, 0.15) is 11.8 Å². The summed E-state index contributed by atoms with van der Waals surface area (Å²) in [6.07, 6.45) is 0. The molecule has 4 nitrogen and oxygen atoms in total. The molecule has 1 rings (SSSR count). The number of hydrogen-bond acceptors (Lipinski definition) is 3. The molecule has 0 aliphatic carbocycles. The molecule has 0 aliphatic rings. The quantitative estimate of drug-likeness (QED) is 0.767. The number of rotatable bonds is 3. The van der Waals surface area contributed by atoms with E-state index in [0.29, 0.717) is 13.1 Å². The number of carboxylic acid groups (broad SMARTS) is 1. The molecule has 0 spiro atoms. The Hall–Kier alpha value is -1.36. The van der Waals surface area contributed by atoms with Gasteiger partial charge in [-0.2, -0.15) is 0 Å². The Kier molecular flexibility index (Phi) is 3.64. The van der Waals surface area contributed by atoms with Crippen LogP contribution in [0.2, 0.25) is 0 Å². The number of carboxylic acids is 1. The topological polar surface area (TPSA) is 57.6 Å². The minimum absolute atomic E-state index is 0.374. The van der Waals surface area contributed by atoms with Gasteiger partial charge in [-0.3, -0.25) is 4.79 Å². The highest BCUT2D eigenvalue weighted by molar-refractivity contribution is 7.09. The van der Waals surface area contributed by atoms with Gasteiger partial charge in [0.15, 0.2) is 0 Å². The number of likely N-dealkylation sites (N-methyl/N-ethyl adjacent to an activating group) is 1. The van der Waals surface area contributed by atoms with Crippen molar-refractivity contribution in [2.24, 2.45) is 0 Å². The van der Waals surface area contributed by atoms with Crippen LogP contribution in [-0.2, 0) is 16.1 Å². The van der Waals surface area contributed by atoms with Gasteiger partial charge in [-0.1, -0.05) is 6.07 Å². The number of carbonyl (C=O) groups excluding carboxylic acids is 1. The number of thiophene rings is 1. The van der Waals surface area contributed by atoms with E-state index in [1.54, 1.807) is 6.92 Å². The first-order valence-electron chi connectivity index (χ1n) is 4.19. The van der Waals surface area contributed by atoms with E-state index in [1.165, 1.54) is 16.2 Å². The SMILES string of the molecule is CCN(Cc1cccs1)C(=O)C(=O)O. The summed E-state index contributed by atoms with van der Waals surface area (Å²) in [5.74, 6) is -2.25. The van der Waals surface area contributed by atoms with Crippen molar-refractivity contribution in [1.82, 2.24) is 4.90 Å². The highest BCUT2D eigenvalue weighted by Gasteiger charge is 2.19. The summed E-state index contributed by atoms with van der Waals surface area (Å²) in [5.41, 5.74) is 0. The highest BCUT2D eigenvalue weighted by atomic mass is 32.1. The van der Waals surface area contributed by atoms with Gasteiger partial charge < -0.3 is 10.0 Å². The minimum Gasteiger partial charge on any atom is -0.474 e. The molecule has 14 heavy (non-hydrogen) atoms. The van der Waals surface area contributed by atoms with Gasteiger partial charge in [0, 0.05) is 11.4 Å². The van der Waals surface area contributed by atoms with Gasteiger partial charge in [-0.15, -0.1) is 11.3 Å². The first-order valence-corrected chi connectivity index (χ1v) is 5.07. The van der Waals surface area contributed by atoms with E-state index in [0.717, 1.165) is 4.88 Å². The first kappa shape index (κ1) is 10.7. The molecule has 0 radical (unpaired) electrons. The normalized spacial score (nSPS) is 9.79. The van der Waals surface area contributed by atoms with Gasteiger partial charge in [0.1, 0.15) is 0 Å². The maximum absolute atomic E-state index is 11.1. The van der Waals surface area contributed by atoms with E-state index in [-0.39, 0.29) is 0 Å². The maximum Gasteiger partial charge on any atom is 0.394 e. The third-order valence-electron chi connectivity index (χ3n) is 1.78. The molecular formula is C9H11NO3S. The Bertz CT molecular complexity index is 321. The molecule has 0 aromatic carbocycles. The molecule has 5 heteroatoms. The smallest absolute Gasteiger partial charge is 0.394 e. The molecule has 1 amide bonds. The van der Waals surface area contributed by atoms with Gasteiger partial charge in [-0.05, 0) is 18.4 Å². The Labute approximate surface area is 85.8 Å². The van der Waals surface area contributed by atoms with E-state index in [2.05, 4.69) is 0 Å². The Morgan fingerprint density at radius 1 is 1.57 bits per heavy atom. The molecule has 76 valence electrons. The van der Waals surface area contributed by atoms with E-state index < -0.39 is 11.9 Å². The maximum atomic E-state index is 11.1. The second-order valence-electron chi connectivity index (χ2n) is 2.70. The van der Waals surface area contributed by atoms with Crippen molar-refractivity contribution < 1.29 is 14.7 Å². The lowest BCUT2D eigenvalue weighted by Gasteiger charge is -2.17. The molecule has 0 fully saturated rings. The van der Waals surface area contributed by atoms with Crippen molar-refractivity contribution in [3.63, 3.8) is 0 Å². The fourth-order valence-corrected chi connectivity index (χ4v) is 1.77. The van der Waals surface area contributed by atoms with Crippen LogP contribution in [0, 0.1) is 0 Å². The average Bonchev–Trinajstić information content (AvgIpc) is 2.65. The number of carbonyl (C=O) groups is 2. The standard InChI is InChI=1S/C9H11NO3S/c1-2-10(8(11)9(12)13)6-7-4-3-5-14-7/h3-5H,2,6H2,1H3,(H,12,13). The van der Waals surface area contributed by atoms with E-state index in [1.807, 2.05) is 17.5 Å². The Morgan fingerprint density at radius 3 is 2.71 bits per heavy atom. The van der Waals surface area contributed by atoms with Crippen molar-refractivity contribution in [3.8, 4) is 0 Å². The molecule has 0 bridgehead atoms. The Balaban J connectivity index is 2.64. The monoisotopic (exact) mass is 213 g/mol. The third kappa shape index (κ3) is 2.56. The first-order chi connectivity index (χ1) is 6.65. The zero-order valence-corrected chi connectivity index (χ0v) is 8.58. The summed E-state index contributed by atoms with van der Waals surface area (Å²) in [5, 5.41) is 10.4. The molecule has 0 aliphatic heterocycles. The third-order valence-corrected chi connectivity index (χ3v) is 2.64. The predicted octanol–water partition coefficient (Wildman–Crippen LogP) is 1.18. The van der Waals surface area contributed by atoms with Crippen LogP contribution in [0.4, 0.5) is 0 Å². The van der Waals surface area contributed by atoms with Gasteiger partial charge >= 0.3 is 11.9 Å². The summed E-state index contributed by atoms with van der Waals surface area (Å²) in [6.45, 7) is 2.54. The highest BCUT2D eigenvalue weighted by Crippen LogP contribution is 2.11. The lowest BCUT2D eigenvalue weighted by molar-refractivity contribution is -0.156. The summed E-state index contributed by atoms with van der Waals surface area (Å²) in [4.78, 5) is 23.9. The summed E-state index contributed by atoms with van der Waals surface area (Å²) in [6, 6.07) is 3.75. The summed E-state index contributed by atoms with van der Waals surface area (Å²) >= 11 is 1.51. The molecule has 0 atom stereocenters. The summed E-state index contributed by atoms with van der Waals surface area (Å²) in [7, 11) is 0. The average molecular weight is 213 g/mol. The molecule has 0 saturated heterocycles. The lowest BCUT2D eigenvalue weighted by Crippen LogP contribution is -2.35. The minimum atomic E-state index is -1.40. The van der Waals surface area contributed by atoms with Crippen molar-refractivity contribution in [1.29, 1.82) is 0 Å². The van der Waals surface area contributed by atoms with Crippen molar-refractivity contribution in [2.75, 3.05) is 6.54 Å². The van der Waals surface area contributed by atoms with Crippen LogP contribution in [0.25, 0.3) is 0 Å². The molecule has 0 unspecified atom stereocenters.